The van der Waals surface area contributed by atoms with E-state index in [2.05, 4.69) is 15.5 Å². The Balaban J connectivity index is 1.73. The molecule has 0 aliphatic heterocycles. The quantitative estimate of drug-likeness (QED) is 0.772. The smallest absolute Gasteiger partial charge is 0.251 e. The predicted molar refractivity (Wildman–Crippen MR) is 91.8 cm³/mol. The number of nitrogens with zero attached hydrogens (tertiary/aromatic N) is 2. The van der Waals surface area contributed by atoms with Gasteiger partial charge >= 0.3 is 0 Å². The summed E-state index contributed by atoms with van der Waals surface area (Å²) in [7, 11) is 0. The summed E-state index contributed by atoms with van der Waals surface area (Å²) in [6.45, 7) is 3.77. The molecule has 24 heavy (non-hydrogen) atoms. The first-order chi connectivity index (χ1) is 11.5. The summed E-state index contributed by atoms with van der Waals surface area (Å²) in [5.74, 6) is 0.583. The molecule has 1 amide bonds. The lowest BCUT2D eigenvalue weighted by atomic mass is 10.1. The molecule has 2 aromatic carbocycles. The number of hydrogen-bond donors (Lipinski definition) is 1. The number of carbonyl (C=O) groups is 1. The zero-order valence-electron chi connectivity index (χ0n) is 13.3. The molecule has 0 aliphatic carbocycles. The fourth-order valence-corrected chi connectivity index (χ4v) is 2.39. The van der Waals surface area contributed by atoms with E-state index in [1.165, 1.54) is 0 Å². The summed E-state index contributed by atoms with van der Waals surface area (Å²) in [5.41, 5.74) is 2.44. The lowest BCUT2D eigenvalue weighted by molar-refractivity contribution is 0.0932. The third-order valence-corrected chi connectivity index (χ3v) is 3.79. The molecular formula is C18H16ClN3O2. The molecule has 0 radical (unpaired) electrons. The van der Waals surface area contributed by atoms with E-state index in [0.29, 0.717) is 22.3 Å². The van der Waals surface area contributed by atoms with Crippen LogP contribution in [-0.2, 0) is 0 Å². The van der Waals surface area contributed by atoms with Gasteiger partial charge in [0, 0.05) is 16.1 Å². The van der Waals surface area contributed by atoms with Crippen molar-refractivity contribution in [1.29, 1.82) is 0 Å². The van der Waals surface area contributed by atoms with E-state index in [1.54, 1.807) is 31.2 Å². The topological polar surface area (TPSA) is 68.0 Å². The summed E-state index contributed by atoms with van der Waals surface area (Å²) >= 11 is 5.97. The van der Waals surface area contributed by atoms with Crippen LogP contribution in [0.2, 0.25) is 5.02 Å². The number of nitrogens with one attached hydrogen (secondary N) is 1. The lowest BCUT2D eigenvalue weighted by Crippen LogP contribution is -2.26. The minimum Gasteiger partial charge on any atom is -0.341 e. The van der Waals surface area contributed by atoms with E-state index >= 15 is 0 Å². The second-order valence-electron chi connectivity index (χ2n) is 5.53. The first kappa shape index (κ1) is 16.2. The first-order valence-corrected chi connectivity index (χ1v) is 7.88. The summed E-state index contributed by atoms with van der Waals surface area (Å²) in [4.78, 5) is 16.6. The van der Waals surface area contributed by atoms with Gasteiger partial charge in [0.1, 0.15) is 6.04 Å². The van der Waals surface area contributed by atoms with Crippen molar-refractivity contribution in [3.8, 4) is 11.4 Å². The standard InChI is InChI=1S/C18H16ClN3O2/c1-11-6-8-13(9-7-11)17(23)20-12(2)18-21-16(22-24-18)14-4-3-5-15(19)10-14/h3-10,12H,1-2H3,(H,20,23). The van der Waals surface area contributed by atoms with E-state index < -0.39 is 6.04 Å². The monoisotopic (exact) mass is 341 g/mol. The number of carbonyl (C=O) groups excluding carboxylic acids is 1. The van der Waals surface area contributed by atoms with Crippen molar-refractivity contribution < 1.29 is 9.32 Å². The van der Waals surface area contributed by atoms with Gasteiger partial charge in [-0.25, -0.2) is 0 Å². The first-order valence-electron chi connectivity index (χ1n) is 7.50. The molecule has 1 heterocycles. The molecule has 1 N–H and O–H groups in total. The predicted octanol–water partition coefficient (Wildman–Crippen LogP) is 4.19. The van der Waals surface area contributed by atoms with E-state index in [9.17, 15) is 4.79 Å². The van der Waals surface area contributed by atoms with Crippen LogP contribution < -0.4 is 5.32 Å². The van der Waals surface area contributed by atoms with Crippen LogP contribution >= 0.6 is 11.6 Å². The number of rotatable bonds is 4. The molecular weight excluding hydrogens is 326 g/mol. The number of amides is 1. The maximum absolute atomic E-state index is 12.2. The van der Waals surface area contributed by atoms with Crippen molar-refractivity contribution in [1.82, 2.24) is 15.5 Å². The van der Waals surface area contributed by atoms with Gasteiger partial charge in [0.15, 0.2) is 0 Å². The van der Waals surface area contributed by atoms with Gasteiger partial charge < -0.3 is 9.84 Å². The highest BCUT2D eigenvalue weighted by molar-refractivity contribution is 6.30. The van der Waals surface area contributed by atoms with Crippen LogP contribution in [0.3, 0.4) is 0 Å². The summed E-state index contributed by atoms with van der Waals surface area (Å²) < 4.78 is 5.26. The molecule has 1 atom stereocenters. The van der Waals surface area contributed by atoms with E-state index in [0.717, 1.165) is 11.1 Å². The van der Waals surface area contributed by atoms with Crippen molar-refractivity contribution in [3.05, 3.63) is 70.6 Å². The van der Waals surface area contributed by atoms with Gasteiger partial charge in [-0.15, -0.1) is 0 Å². The zero-order chi connectivity index (χ0) is 17.1. The van der Waals surface area contributed by atoms with Crippen LogP contribution in [0.4, 0.5) is 0 Å². The van der Waals surface area contributed by atoms with Crippen LogP contribution in [0, 0.1) is 6.92 Å². The molecule has 0 bridgehead atoms. The van der Waals surface area contributed by atoms with Crippen LogP contribution in [-0.4, -0.2) is 16.0 Å². The molecule has 122 valence electrons. The van der Waals surface area contributed by atoms with Gasteiger partial charge in [0.2, 0.25) is 11.7 Å². The van der Waals surface area contributed by atoms with Crippen molar-refractivity contribution in [3.63, 3.8) is 0 Å². The third-order valence-electron chi connectivity index (χ3n) is 3.56. The fourth-order valence-electron chi connectivity index (χ4n) is 2.20. The lowest BCUT2D eigenvalue weighted by Gasteiger charge is -2.09. The molecule has 5 nitrogen and oxygen atoms in total. The van der Waals surface area contributed by atoms with Crippen molar-refractivity contribution in [2.75, 3.05) is 0 Å². The Labute approximate surface area is 144 Å². The van der Waals surface area contributed by atoms with E-state index in [-0.39, 0.29) is 5.91 Å². The number of aromatic nitrogens is 2. The van der Waals surface area contributed by atoms with Crippen LogP contribution in [0.1, 0.15) is 34.8 Å². The molecule has 6 heteroatoms. The molecule has 3 aromatic rings. The number of benzene rings is 2. The Hall–Kier alpha value is -2.66. The molecule has 0 saturated heterocycles. The molecule has 3 rings (SSSR count). The number of halogens is 1. The highest BCUT2D eigenvalue weighted by Crippen LogP contribution is 2.21. The van der Waals surface area contributed by atoms with Gasteiger partial charge in [-0.05, 0) is 38.1 Å². The van der Waals surface area contributed by atoms with Gasteiger partial charge in [0.05, 0.1) is 0 Å². The Morgan fingerprint density at radius 1 is 1.21 bits per heavy atom. The highest BCUT2D eigenvalue weighted by Gasteiger charge is 2.18. The Morgan fingerprint density at radius 2 is 1.96 bits per heavy atom. The Morgan fingerprint density at radius 3 is 2.67 bits per heavy atom. The largest absolute Gasteiger partial charge is 0.341 e. The minimum absolute atomic E-state index is 0.190. The van der Waals surface area contributed by atoms with Gasteiger partial charge in [0.25, 0.3) is 5.91 Å². The second kappa shape index (κ2) is 6.84. The van der Waals surface area contributed by atoms with E-state index in [1.807, 2.05) is 31.2 Å². The van der Waals surface area contributed by atoms with Crippen molar-refractivity contribution in [2.24, 2.45) is 0 Å². The van der Waals surface area contributed by atoms with Gasteiger partial charge in [-0.1, -0.05) is 46.6 Å². The fraction of sp³-hybridized carbons (Fsp3) is 0.167. The highest BCUT2D eigenvalue weighted by atomic mass is 35.5. The zero-order valence-corrected chi connectivity index (χ0v) is 14.0. The Bertz CT molecular complexity index is 859. The average Bonchev–Trinajstić information content (AvgIpc) is 3.05. The SMILES string of the molecule is Cc1ccc(C(=O)NC(C)c2nc(-c3cccc(Cl)c3)no2)cc1. The molecule has 0 spiro atoms. The number of aryl methyl sites for hydroxylation is 1. The normalized spacial score (nSPS) is 12.0. The molecule has 0 fully saturated rings. The van der Waals surface area contributed by atoms with Gasteiger partial charge in [-0.2, -0.15) is 4.98 Å². The molecule has 1 unspecified atom stereocenters. The summed E-state index contributed by atoms with van der Waals surface area (Å²) in [6.07, 6.45) is 0. The van der Waals surface area contributed by atoms with E-state index in [4.69, 9.17) is 16.1 Å². The van der Waals surface area contributed by atoms with Crippen LogP contribution in [0.15, 0.2) is 53.1 Å². The third kappa shape index (κ3) is 3.63. The van der Waals surface area contributed by atoms with Crippen molar-refractivity contribution in [2.45, 2.75) is 19.9 Å². The van der Waals surface area contributed by atoms with Crippen LogP contribution in [0.5, 0.6) is 0 Å². The second-order valence-corrected chi connectivity index (χ2v) is 5.96. The van der Waals surface area contributed by atoms with Gasteiger partial charge in [-0.3, -0.25) is 4.79 Å². The summed E-state index contributed by atoms with van der Waals surface area (Å²) in [5, 5.41) is 7.39. The maximum Gasteiger partial charge on any atom is 0.251 e. The molecule has 0 aliphatic rings. The minimum atomic E-state index is -0.403. The summed E-state index contributed by atoms with van der Waals surface area (Å²) in [6, 6.07) is 14.1. The maximum atomic E-state index is 12.2. The average molecular weight is 342 g/mol. The number of hydrogen-bond acceptors (Lipinski definition) is 4. The van der Waals surface area contributed by atoms with Crippen LogP contribution in [0.25, 0.3) is 11.4 Å². The molecule has 1 aromatic heterocycles. The van der Waals surface area contributed by atoms with Crippen molar-refractivity contribution >= 4 is 17.5 Å². The Kier molecular flexibility index (Phi) is 4.62. The molecule has 0 saturated carbocycles.